The van der Waals surface area contributed by atoms with Crippen LogP contribution in [0.2, 0.25) is 0 Å². The van der Waals surface area contributed by atoms with Gasteiger partial charge in [0.1, 0.15) is 19.0 Å². The summed E-state index contributed by atoms with van der Waals surface area (Å²) in [6.07, 6.45) is -0.141. The first kappa shape index (κ1) is 19.3. The summed E-state index contributed by atoms with van der Waals surface area (Å²) in [4.78, 5) is 35.8. The summed E-state index contributed by atoms with van der Waals surface area (Å²) in [5.41, 5.74) is 5.84. The van der Waals surface area contributed by atoms with Crippen LogP contribution in [0.1, 0.15) is 39.1 Å². The number of halogens is 1. The first-order valence-corrected chi connectivity index (χ1v) is 8.68. The summed E-state index contributed by atoms with van der Waals surface area (Å²) in [5.74, 6) is -1.10. The first-order valence-electron chi connectivity index (χ1n) is 8.68. The number of Topliss-reactive ketones (excluding diaryl/α,β-unsaturated/α-hetero) is 1. The molecule has 0 aliphatic carbocycles. The molecule has 0 aromatic heterocycles. The number of hydrogen-bond acceptors (Lipinski definition) is 5. The molecule has 0 bridgehead atoms. The van der Waals surface area contributed by atoms with Gasteiger partial charge in [-0.3, -0.25) is 14.4 Å². The lowest BCUT2D eigenvalue weighted by Gasteiger charge is -2.18. The van der Waals surface area contributed by atoms with E-state index in [2.05, 4.69) is 5.32 Å². The van der Waals surface area contributed by atoms with Crippen LogP contribution in [0, 0.1) is 12.7 Å². The lowest BCUT2D eigenvalue weighted by molar-refractivity contribution is -0.116. The molecule has 0 saturated heterocycles. The van der Waals surface area contributed by atoms with Crippen molar-refractivity contribution in [1.82, 2.24) is 0 Å². The van der Waals surface area contributed by atoms with Crippen molar-refractivity contribution in [3.8, 4) is 11.5 Å². The van der Waals surface area contributed by atoms with E-state index in [0.717, 1.165) is 6.07 Å². The third-order valence-corrected chi connectivity index (χ3v) is 4.35. The molecular weight excluding hydrogens is 367 g/mol. The maximum atomic E-state index is 13.9. The Bertz CT molecular complexity index is 958. The van der Waals surface area contributed by atoms with Crippen molar-refractivity contribution < 1.29 is 28.2 Å². The third-order valence-electron chi connectivity index (χ3n) is 4.35. The molecule has 8 heteroatoms. The third kappa shape index (κ3) is 4.28. The van der Waals surface area contributed by atoms with Gasteiger partial charge in [-0.05, 0) is 37.3 Å². The fourth-order valence-corrected chi connectivity index (χ4v) is 2.75. The number of primary amides is 1. The maximum Gasteiger partial charge on any atom is 0.248 e. The topological polar surface area (TPSA) is 108 Å². The van der Waals surface area contributed by atoms with Crippen molar-refractivity contribution >= 4 is 23.3 Å². The van der Waals surface area contributed by atoms with E-state index >= 15 is 0 Å². The van der Waals surface area contributed by atoms with Gasteiger partial charge in [0.2, 0.25) is 11.8 Å². The minimum Gasteiger partial charge on any atom is -0.486 e. The van der Waals surface area contributed by atoms with Crippen LogP contribution >= 0.6 is 0 Å². The number of ketones is 1. The Balaban J connectivity index is 1.63. The lowest BCUT2D eigenvalue weighted by Crippen LogP contribution is -2.17. The summed E-state index contributed by atoms with van der Waals surface area (Å²) < 4.78 is 24.7. The summed E-state index contributed by atoms with van der Waals surface area (Å²) in [7, 11) is 0. The Labute approximate surface area is 160 Å². The molecule has 3 N–H and O–H groups in total. The van der Waals surface area contributed by atoms with E-state index in [0.29, 0.717) is 30.3 Å². The van der Waals surface area contributed by atoms with Crippen LogP contribution < -0.4 is 20.5 Å². The SMILES string of the molecule is Cc1c(F)cc(C(N)=O)cc1NC(=O)CCC(=O)c1ccc2c(c1)OCCO2. The second kappa shape index (κ2) is 8.08. The normalized spacial score (nSPS) is 12.4. The fraction of sp³-hybridized carbons (Fsp3) is 0.250. The molecule has 146 valence electrons. The number of amides is 2. The van der Waals surface area contributed by atoms with Crippen LogP contribution in [0.5, 0.6) is 11.5 Å². The van der Waals surface area contributed by atoms with Gasteiger partial charge in [0.05, 0.1) is 0 Å². The Morgan fingerprint density at radius 3 is 2.46 bits per heavy atom. The zero-order valence-electron chi connectivity index (χ0n) is 15.2. The number of hydrogen-bond donors (Lipinski definition) is 2. The highest BCUT2D eigenvalue weighted by molar-refractivity contribution is 6.01. The Morgan fingerprint density at radius 2 is 1.75 bits per heavy atom. The number of nitrogens with two attached hydrogens (primary N) is 1. The number of carbonyl (C=O) groups is 3. The highest BCUT2D eigenvalue weighted by Crippen LogP contribution is 2.31. The van der Waals surface area contributed by atoms with Crippen LogP contribution in [0.4, 0.5) is 10.1 Å². The van der Waals surface area contributed by atoms with Gasteiger partial charge in [0, 0.05) is 35.2 Å². The predicted octanol–water partition coefficient (Wildman–Crippen LogP) is 2.61. The van der Waals surface area contributed by atoms with Crippen molar-refractivity contribution in [3.05, 3.63) is 52.8 Å². The maximum absolute atomic E-state index is 13.9. The van der Waals surface area contributed by atoms with Crippen molar-refractivity contribution in [3.63, 3.8) is 0 Å². The number of carbonyl (C=O) groups excluding carboxylic acids is 3. The fourth-order valence-electron chi connectivity index (χ4n) is 2.75. The zero-order valence-corrected chi connectivity index (χ0v) is 15.2. The summed E-state index contributed by atoms with van der Waals surface area (Å²) >= 11 is 0. The molecule has 2 aromatic rings. The van der Waals surface area contributed by atoms with Gasteiger partial charge >= 0.3 is 0 Å². The summed E-state index contributed by atoms with van der Waals surface area (Å²) in [6, 6.07) is 7.18. The molecule has 1 aliphatic rings. The molecule has 1 heterocycles. The second-order valence-electron chi connectivity index (χ2n) is 6.32. The van der Waals surface area contributed by atoms with Crippen LogP contribution in [-0.2, 0) is 4.79 Å². The average Bonchev–Trinajstić information content (AvgIpc) is 2.68. The molecule has 2 aromatic carbocycles. The molecule has 0 saturated carbocycles. The number of nitrogens with one attached hydrogen (secondary N) is 1. The number of rotatable bonds is 6. The minimum atomic E-state index is -0.803. The highest BCUT2D eigenvalue weighted by atomic mass is 19.1. The monoisotopic (exact) mass is 386 g/mol. The molecule has 28 heavy (non-hydrogen) atoms. The van der Waals surface area contributed by atoms with E-state index in [9.17, 15) is 18.8 Å². The minimum absolute atomic E-state index is 0.0392. The first-order chi connectivity index (χ1) is 13.3. The number of benzene rings is 2. The summed E-state index contributed by atoms with van der Waals surface area (Å²) in [5, 5.41) is 2.52. The molecule has 1 aliphatic heterocycles. The van der Waals surface area contributed by atoms with Crippen molar-refractivity contribution in [2.24, 2.45) is 5.73 Å². The van der Waals surface area contributed by atoms with Gasteiger partial charge in [0.25, 0.3) is 0 Å². The van der Waals surface area contributed by atoms with Crippen molar-refractivity contribution in [2.45, 2.75) is 19.8 Å². The molecule has 3 rings (SSSR count). The van der Waals surface area contributed by atoms with E-state index in [1.165, 1.54) is 13.0 Å². The Hall–Kier alpha value is -3.42. The molecule has 0 atom stereocenters. The van der Waals surface area contributed by atoms with E-state index < -0.39 is 17.6 Å². The smallest absolute Gasteiger partial charge is 0.248 e. The molecule has 0 spiro atoms. The Kier molecular flexibility index (Phi) is 5.58. The van der Waals surface area contributed by atoms with Gasteiger partial charge in [-0.15, -0.1) is 0 Å². The van der Waals surface area contributed by atoms with Gasteiger partial charge < -0.3 is 20.5 Å². The highest BCUT2D eigenvalue weighted by Gasteiger charge is 2.17. The van der Waals surface area contributed by atoms with E-state index in [1.807, 2.05) is 0 Å². The quantitative estimate of drug-likeness (QED) is 0.742. The van der Waals surface area contributed by atoms with Crippen LogP contribution in [-0.4, -0.2) is 30.8 Å². The average molecular weight is 386 g/mol. The predicted molar refractivity (Wildman–Crippen MR) is 99.3 cm³/mol. The second-order valence-corrected chi connectivity index (χ2v) is 6.32. The summed E-state index contributed by atoms with van der Waals surface area (Å²) in [6.45, 7) is 2.33. The van der Waals surface area contributed by atoms with Crippen LogP contribution in [0.15, 0.2) is 30.3 Å². The largest absolute Gasteiger partial charge is 0.486 e. The van der Waals surface area contributed by atoms with E-state index in [-0.39, 0.29) is 35.4 Å². The zero-order chi connectivity index (χ0) is 20.3. The number of ether oxygens (including phenoxy) is 2. The van der Waals surface area contributed by atoms with Gasteiger partial charge in [0.15, 0.2) is 17.3 Å². The molecule has 2 amide bonds. The van der Waals surface area contributed by atoms with E-state index in [1.54, 1.807) is 18.2 Å². The van der Waals surface area contributed by atoms with Gasteiger partial charge in [-0.25, -0.2) is 4.39 Å². The lowest BCUT2D eigenvalue weighted by atomic mass is 10.0. The van der Waals surface area contributed by atoms with Crippen molar-refractivity contribution in [2.75, 3.05) is 18.5 Å². The van der Waals surface area contributed by atoms with Crippen LogP contribution in [0.3, 0.4) is 0 Å². The van der Waals surface area contributed by atoms with Gasteiger partial charge in [-0.1, -0.05) is 0 Å². The van der Waals surface area contributed by atoms with Crippen molar-refractivity contribution in [1.29, 1.82) is 0 Å². The standard InChI is InChI=1S/C20H19FN2O5/c1-11-14(21)8-13(20(22)26)9-15(11)23-19(25)5-3-16(24)12-2-4-17-18(10-12)28-7-6-27-17/h2,4,8-10H,3,5-7H2,1H3,(H2,22,26)(H,23,25). The van der Waals surface area contributed by atoms with Gasteiger partial charge in [-0.2, -0.15) is 0 Å². The molecule has 7 nitrogen and oxygen atoms in total. The van der Waals surface area contributed by atoms with Crippen LogP contribution in [0.25, 0.3) is 0 Å². The molecular formula is C20H19FN2O5. The molecule has 0 unspecified atom stereocenters. The molecule has 0 radical (unpaired) electrons. The van der Waals surface area contributed by atoms with E-state index in [4.69, 9.17) is 15.2 Å². The molecule has 0 fully saturated rings. The number of anilines is 1. The number of fused-ring (bicyclic) bond motifs is 1. The Morgan fingerprint density at radius 1 is 1.04 bits per heavy atom.